The summed E-state index contributed by atoms with van der Waals surface area (Å²) in [6.45, 7) is 8.31. The molecule has 3 aliphatic carbocycles. The van der Waals surface area contributed by atoms with Gasteiger partial charge in [-0.05, 0) is 102 Å². The van der Waals surface area contributed by atoms with Gasteiger partial charge in [0, 0.05) is 0 Å². The van der Waals surface area contributed by atoms with E-state index in [0.29, 0.717) is 17.3 Å². The van der Waals surface area contributed by atoms with Crippen LogP contribution < -0.4 is 0 Å². The van der Waals surface area contributed by atoms with E-state index in [4.69, 9.17) is 4.74 Å². The molecule has 0 saturated heterocycles. The number of rotatable bonds is 2. The highest BCUT2D eigenvalue weighted by Crippen LogP contribution is 2.57. The summed E-state index contributed by atoms with van der Waals surface area (Å²) in [5.41, 5.74) is -0.257. The highest BCUT2D eigenvalue weighted by Gasteiger charge is 2.57. The Hall–Kier alpha value is -1.06. The maximum atomic E-state index is 13.4. The van der Waals surface area contributed by atoms with Crippen molar-refractivity contribution >= 4 is 11.9 Å². The fourth-order valence-electron chi connectivity index (χ4n) is 7.58. The summed E-state index contributed by atoms with van der Waals surface area (Å²) in [5, 5.41) is 9.54. The van der Waals surface area contributed by atoms with E-state index in [1.54, 1.807) is 0 Å². The van der Waals surface area contributed by atoms with Gasteiger partial charge < -0.3 is 9.84 Å². The van der Waals surface area contributed by atoms with Crippen LogP contribution in [0.25, 0.3) is 0 Å². The van der Waals surface area contributed by atoms with Crippen LogP contribution in [0, 0.1) is 28.6 Å². The minimum atomic E-state index is -0.591. The molecule has 0 bridgehead atoms. The first-order valence-corrected chi connectivity index (χ1v) is 14.5. The standard InChI is InChI=1S/C30H52O4/c1-23-13-12-21-29(18-9-5-6-14-24(26(31)32)15-7-10-19-29)20-11-8-16-25-17-22-30(23,25)27(33)34-28(2,3)4/h23-25H,5-22H2,1-4H3,(H,31,32). The van der Waals surface area contributed by atoms with Gasteiger partial charge in [-0.1, -0.05) is 58.3 Å². The molecule has 0 radical (unpaired) electrons. The SMILES string of the molecule is CC1CCCC2(CCCCCC(C(=O)O)CCCC2)CCCCC2CCC12C(=O)OC(C)(C)C. The molecule has 34 heavy (non-hydrogen) atoms. The van der Waals surface area contributed by atoms with Crippen molar-refractivity contribution in [2.75, 3.05) is 0 Å². The zero-order valence-corrected chi connectivity index (χ0v) is 22.6. The number of carbonyl (C=O) groups excluding carboxylic acids is 1. The number of carboxylic acid groups (broad SMARTS) is 1. The monoisotopic (exact) mass is 476 g/mol. The van der Waals surface area contributed by atoms with Crippen LogP contribution in [0.2, 0.25) is 0 Å². The lowest BCUT2D eigenvalue weighted by molar-refractivity contribution is -0.188. The molecule has 196 valence electrons. The summed E-state index contributed by atoms with van der Waals surface area (Å²) in [6, 6.07) is 0. The first-order chi connectivity index (χ1) is 16.1. The summed E-state index contributed by atoms with van der Waals surface area (Å²) in [5.74, 6) is 0.219. The van der Waals surface area contributed by atoms with Crippen LogP contribution in [-0.2, 0) is 14.3 Å². The van der Waals surface area contributed by atoms with Crippen molar-refractivity contribution in [3.05, 3.63) is 0 Å². The Morgan fingerprint density at radius 1 is 0.735 bits per heavy atom. The fraction of sp³-hybridized carbons (Fsp3) is 0.933. The van der Waals surface area contributed by atoms with E-state index >= 15 is 0 Å². The van der Waals surface area contributed by atoms with E-state index in [0.717, 1.165) is 38.5 Å². The van der Waals surface area contributed by atoms with Crippen molar-refractivity contribution in [2.45, 2.75) is 149 Å². The van der Waals surface area contributed by atoms with Crippen LogP contribution >= 0.6 is 0 Å². The second-order valence-electron chi connectivity index (χ2n) is 13.2. The summed E-state index contributed by atoms with van der Waals surface area (Å²) < 4.78 is 5.99. The topological polar surface area (TPSA) is 63.6 Å². The van der Waals surface area contributed by atoms with Crippen molar-refractivity contribution in [2.24, 2.45) is 28.6 Å². The van der Waals surface area contributed by atoms with Gasteiger partial charge in [-0.25, -0.2) is 0 Å². The molecule has 0 aromatic rings. The second kappa shape index (κ2) is 11.8. The molecule has 3 fully saturated rings. The molecule has 0 amide bonds. The molecule has 3 aliphatic rings. The quantitative estimate of drug-likeness (QED) is 0.407. The smallest absolute Gasteiger partial charge is 0.313 e. The zero-order chi connectivity index (χ0) is 24.8. The number of esters is 1. The van der Waals surface area contributed by atoms with E-state index in [9.17, 15) is 14.7 Å². The van der Waals surface area contributed by atoms with Crippen LogP contribution in [0.5, 0.6) is 0 Å². The zero-order valence-electron chi connectivity index (χ0n) is 22.6. The molecule has 1 spiro atoms. The number of ether oxygens (including phenoxy) is 1. The van der Waals surface area contributed by atoms with Crippen LogP contribution in [0.4, 0.5) is 0 Å². The van der Waals surface area contributed by atoms with Crippen LogP contribution in [0.1, 0.15) is 143 Å². The number of carbonyl (C=O) groups is 2. The molecule has 5 unspecified atom stereocenters. The summed E-state index contributed by atoms with van der Waals surface area (Å²) in [4.78, 5) is 25.0. The van der Waals surface area contributed by atoms with Crippen molar-refractivity contribution in [3.8, 4) is 0 Å². The first kappa shape index (κ1) is 27.5. The lowest BCUT2D eigenvalue weighted by atomic mass is 9.52. The van der Waals surface area contributed by atoms with Gasteiger partial charge in [-0.3, -0.25) is 9.59 Å². The predicted molar refractivity (Wildman–Crippen MR) is 138 cm³/mol. The molecule has 3 saturated carbocycles. The summed E-state index contributed by atoms with van der Waals surface area (Å²) >= 11 is 0. The Kier molecular flexibility index (Phi) is 9.54. The molecule has 0 aliphatic heterocycles. The average molecular weight is 477 g/mol. The molecule has 0 heterocycles. The third kappa shape index (κ3) is 6.78. The predicted octanol–water partition coefficient (Wildman–Crippen LogP) is 8.32. The van der Waals surface area contributed by atoms with Crippen LogP contribution in [0.15, 0.2) is 0 Å². The van der Waals surface area contributed by atoms with E-state index in [2.05, 4.69) is 6.92 Å². The van der Waals surface area contributed by atoms with Gasteiger partial charge in [0.1, 0.15) is 5.60 Å². The summed E-state index contributed by atoms with van der Waals surface area (Å²) in [7, 11) is 0. The Labute approximate surface area is 209 Å². The van der Waals surface area contributed by atoms with E-state index in [1.807, 2.05) is 20.8 Å². The van der Waals surface area contributed by atoms with Crippen molar-refractivity contribution in [1.29, 1.82) is 0 Å². The van der Waals surface area contributed by atoms with Crippen molar-refractivity contribution in [3.63, 3.8) is 0 Å². The van der Waals surface area contributed by atoms with E-state index < -0.39 is 11.6 Å². The van der Waals surface area contributed by atoms with E-state index in [-0.39, 0.29) is 17.3 Å². The number of hydrogen-bond acceptors (Lipinski definition) is 3. The third-order valence-electron chi connectivity index (χ3n) is 9.77. The normalized spacial score (nSPS) is 36.8. The average Bonchev–Trinajstić information content (AvgIpc) is 2.77. The largest absolute Gasteiger partial charge is 0.481 e. The lowest BCUT2D eigenvalue weighted by Crippen LogP contribution is -2.53. The van der Waals surface area contributed by atoms with Gasteiger partial charge in [0.25, 0.3) is 0 Å². The van der Waals surface area contributed by atoms with Gasteiger partial charge in [0.15, 0.2) is 0 Å². The number of hydrogen-bond donors (Lipinski definition) is 1. The van der Waals surface area contributed by atoms with Gasteiger partial charge in [0.2, 0.25) is 0 Å². The Morgan fingerprint density at radius 2 is 1.29 bits per heavy atom. The molecular weight excluding hydrogens is 424 g/mol. The first-order valence-electron chi connectivity index (χ1n) is 14.5. The van der Waals surface area contributed by atoms with E-state index in [1.165, 1.54) is 77.0 Å². The maximum absolute atomic E-state index is 13.4. The minimum Gasteiger partial charge on any atom is -0.481 e. The fourth-order valence-corrected chi connectivity index (χ4v) is 7.58. The van der Waals surface area contributed by atoms with Crippen molar-refractivity contribution in [1.82, 2.24) is 0 Å². The number of carboxylic acids is 1. The Balaban J connectivity index is 1.69. The molecule has 3 rings (SSSR count). The van der Waals surface area contributed by atoms with Crippen molar-refractivity contribution < 1.29 is 19.4 Å². The Bertz CT molecular complexity index is 680. The van der Waals surface area contributed by atoms with Gasteiger partial charge in [-0.2, -0.15) is 0 Å². The number of fused-ring (bicyclic) bond motifs is 1. The highest BCUT2D eigenvalue weighted by molar-refractivity contribution is 5.79. The van der Waals surface area contributed by atoms with Gasteiger partial charge >= 0.3 is 11.9 Å². The number of aliphatic carboxylic acids is 1. The third-order valence-corrected chi connectivity index (χ3v) is 9.77. The molecule has 1 N–H and O–H groups in total. The van der Waals surface area contributed by atoms with Crippen LogP contribution in [0.3, 0.4) is 0 Å². The minimum absolute atomic E-state index is 0.0700. The Morgan fingerprint density at radius 3 is 1.85 bits per heavy atom. The molecular formula is C30H52O4. The molecule has 0 aromatic heterocycles. The maximum Gasteiger partial charge on any atom is 0.313 e. The molecule has 4 nitrogen and oxygen atoms in total. The highest BCUT2D eigenvalue weighted by atomic mass is 16.6. The molecule has 0 aromatic carbocycles. The lowest BCUT2D eigenvalue weighted by Gasteiger charge is -2.52. The summed E-state index contributed by atoms with van der Waals surface area (Å²) in [6.07, 6.45) is 20.7. The molecule has 5 atom stereocenters. The second-order valence-corrected chi connectivity index (χ2v) is 13.2. The van der Waals surface area contributed by atoms with Crippen LogP contribution in [-0.4, -0.2) is 22.6 Å². The molecule has 4 heteroatoms. The van der Waals surface area contributed by atoms with Gasteiger partial charge in [-0.15, -0.1) is 0 Å². The van der Waals surface area contributed by atoms with Gasteiger partial charge in [0.05, 0.1) is 11.3 Å².